The van der Waals surface area contributed by atoms with Gasteiger partial charge in [-0.3, -0.25) is 0 Å². The fraction of sp³-hybridized carbons (Fsp3) is 0.714. The van der Waals surface area contributed by atoms with Crippen molar-refractivity contribution in [3.05, 3.63) is 23.9 Å². The SMILES string of the molecule is CCNC(=NCc1ccnc(N2CCOC(C)C2)c1)N1CCC(COCC)C1. The van der Waals surface area contributed by atoms with E-state index in [9.17, 15) is 0 Å². The van der Waals surface area contributed by atoms with Crippen molar-refractivity contribution in [1.29, 1.82) is 0 Å². The lowest BCUT2D eigenvalue weighted by Gasteiger charge is -2.32. The van der Waals surface area contributed by atoms with Crippen LogP contribution in [-0.2, 0) is 16.0 Å². The lowest BCUT2D eigenvalue weighted by molar-refractivity contribution is 0.0529. The number of aromatic nitrogens is 1. The van der Waals surface area contributed by atoms with E-state index in [2.05, 4.69) is 53.0 Å². The Morgan fingerprint density at radius 3 is 3.04 bits per heavy atom. The number of ether oxygens (including phenoxy) is 2. The van der Waals surface area contributed by atoms with E-state index in [0.717, 1.165) is 64.3 Å². The van der Waals surface area contributed by atoms with Crippen molar-refractivity contribution in [3.63, 3.8) is 0 Å². The van der Waals surface area contributed by atoms with Gasteiger partial charge in [0.25, 0.3) is 0 Å². The van der Waals surface area contributed by atoms with Crippen molar-refractivity contribution < 1.29 is 9.47 Å². The van der Waals surface area contributed by atoms with Gasteiger partial charge in [0.1, 0.15) is 5.82 Å². The lowest BCUT2D eigenvalue weighted by Crippen LogP contribution is -2.41. The van der Waals surface area contributed by atoms with Crippen LogP contribution in [0, 0.1) is 5.92 Å². The van der Waals surface area contributed by atoms with Gasteiger partial charge >= 0.3 is 0 Å². The number of likely N-dealkylation sites (tertiary alicyclic amines) is 1. The first-order valence-corrected chi connectivity index (χ1v) is 10.6. The monoisotopic (exact) mass is 389 g/mol. The number of morpholine rings is 1. The first-order valence-electron chi connectivity index (χ1n) is 10.6. The summed E-state index contributed by atoms with van der Waals surface area (Å²) >= 11 is 0. The molecule has 1 aromatic rings. The van der Waals surface area contributed by atoms with Crippen LogP contribution in [0.25, 0.3) is 0 Å². The largest absolute Gasteiger partial charge is 0.381 e. The van der Waals surface area contributed by atoms with Crippen LogP contribution in [0.4, 0.5) is 5.82 Å². The highest BCUT2D eigenvalue weighted by molar-refractivity contribution is 5.80. The van der Waals surface area contributed by atoms with Crippen LogP contribution < -0.4 is 10.2 Å². The Kier molecular flexibility index (Phi) is 7.91. The molecule has 0 amide bonds. The quantitative estimate of drug-likeness (QED) is 0.569. The predicted molar refractivity (Wildman–Crippen MR) is 113 cm³/mol. The molecular weight excluding hydrogens is 354 g/mol. The molecule has 2 saturated heterocycles. The third-order valence-electron chi connectivity index (χ3n) is 5.26. The first kappa shape index (κ1) is 20.9. The highest BCUT2D eigenvalue weighted by atomic mass is 16.5. The average Bonchev–Trinajstić information content (AvgIpc) is 3.18. The molecule has 0 aliphatic carbocycles. The molecule has 0 spiro atoms. The standard InChI is InChI=1S/C21H35N5O2/c1-4-22-21(26-9-7-19(15-26)16-27-5-2)24-13-18-6-8-23-20(12-18)25-10-11-28-17(3)14-25/h6,8,12,17,19H,4-5,7,9-11,13-16H2,1-3H3,(H,22,24). The van der Waals surface area contributed by atoms with Crippen molar-refractivity contribution in [1.82, 2.24) is 15.2 Å². The van der Waals surface area contributed by atoms with Crippen LogP contribution in [-0.4, -0.2) is 74.5 Å². The number of hydrogen-bond acceptors (Lipinski definition) is 5. The van der Waals surface area contributed by atoms with E-state index in [1.165, 1.54) is 12.0 Å². The fourth-order valence-corrected chi connectivity index (χ4v) is 3.80. The maximum absolute atomic E-state index is 5.64. The maximum Gasteiger partial charge on any atom is 0.194 e. The van der Waals surface area contributed by atoms with Crippen LogP contribution in [0.1, 0.15) is 32.8 Å². The molecule has 156 valence electrons. The zero-order valence-electron chi connectivity index (χ0n) is 17.6. The van der Waals surface area contributed by atoms with Gasteiger partial charge in [-0.1, -0.05) is 0 Å². The molecule has 7 heteroatoms. The van der Waals surface area contributed by atoms with E-state index in [4.69, 9.17) is 14.5 Å². The Bertz CT molecular complexity index is 639. The summed E-state index contributed by atoms with van der Waals surface area (Å²) < 4.78 is 11.2. The molecule has 3 heterocycles. The number of rotatable bonds is 7. The number of nitrogens with zero attached hydrogens (tertiary/aromatic N) is 4. The normalized spacial score (nSPS) is 23.3. The molecule has 2 atom stereocenters. The molecule has 1 N–H and O–H groups in total. The topological polar surface area (TPSA) is 62.2 Å². The lowest BCUT2D eigenvalue weighted by atomic mass is 10.1. The minimum absolute atomic E-state index is 0.248. The number of nitrogens with one attached hydrogen (secondary N) is 1. The Morgan fingerprint density at radius 2 is 2.25 bits per heavy atom. The summed E-state index contributed by atoms with van der Waals surface area (Å²) in [7, 11) is 0. The molecule has 2 aliphatic heterocycles. The van der Waals surface area contributed by atoms with E-state index in [0.29, 0.717) is 12.5 Å². The number of hydrogen-bond donors (Lipinski definition) is 1. The minimum Gasteiger partial charge on any atom is -0.381 e. The summed E-state index contributed by atoms with van der Waals surface area (Å²) in [4.78, 5) is 14.1. The second kappa shape index (κ2) is 10.6. The fourth-order valence-electron chi connectivity index (χ4n) is 3.80. The summed E-state index contributed by atoms with van der Waals surface area (Å²) in [6.07, 6.45) is 3.30. The molecule has 0 aromatic carbocycles. The van der Waals surface area contributed by atoms with Crippen LogP contribution in [0.15, 0.2) is 23.3 Å². The zero-order valence-corrected chi connectivity index (χ0v) is 17.6. The van der Waals surface area contributed by atoms with Gasteiger partial charge < -0.3 is 24.6 Å². The number of aliphatic imine (C=N–C) groups is 1. The van der Waals surface area contributed by atoms with Crippen LogP contribution in [0.5, 0.6) is 0 Å². The van der Waals surface area contributed by atoms with Gasteiger partial charge in [-0.2, -0.15) is 0 Å². The van der Waals surface area contributed by atoms with Crippen LogP contribution in [0.3, 0.4) is 0 Å². The second-order valence-electron chi connectivity index (χ2n) is 7.58. The molecule has 3 rings (SSSR count). The summed E-state index contributed by atoms with van der Waals surface area (Å²) in [5, 5.41) is 3.45. The van der Waals surface area contributed by atoms with Crippen LogP contribution >= 0.6 is 0 Å². The molecule has 0 bridgehead atoms. The minimum atomic E-state index is 0.248. The molecule has 2 unspecified atom stereocenters. The smallest absolute Gasteiger partial charge is 0.194 e. The molecule has 28 heavy (non-hydrogen) atoms. The zero-order chi connectivity index (χ0) is 19.8. The van der Waals surface area contributed by atoms with E-state index in [-0.39, 0.29) is 6.10 Å². The van der Waals surface area contributed by atoms with Gasteiger partial charge in [0.05, 0.1) is 25.9 Å². The van der Waals surface area contributed by atoms with Crippen molar-refractivity contribution in [2.75, 3.05) is 57.4 Å². The van der Waals surface area contributed by atoms with E-state index < -0.39 is 0 Å². The number of guanidine groups is 1. The highest BCUT2D eigenvalue weighted by Crippen LogP contribution is 2.19. The van der Waals surface area contributed by atoms with Gasteiger partial charge in [0, 0.05) is 51.4 Å². The molecule has 7 nitrogen and oxygen atoms in total. The maximum atomic E-state index is 5.64. The number of anilines is 1. The van der Waals surface area contributed by atoms with Gasteiger partial charge in [-0.25, -0.2) is 9.98 Å². The van der Waals surface area contributed by atoms with Gasteiger partial charge in [0.2, 0.25) is 0 Å². The van der Waals surface area contributed by atoms with Gasteiger partial charge in [-0.15, -0.1) is 0 Å². The van der Waals surface area contributed by atoms with Gasteiger partial charge in [-0.05, 0) is 44.9 Å². The van der Waals surface area contributed by atoms with Crippen molar-refractivity contribution in [3.8, 4) is 0 Å². The second-order valence-corrected chi connectivity index (χ2v) is 7.58. The summed E-state index contributed by atoms with van der Waals surface area (Å²) in [6.45, 7) is 14.0. The Morgan fingerprint density at radius 1 is 1.36 bits per heavy atom. The Hall–Kier alpha value is -1.86. The molecule has 2 aliphatic rings. The molecule has 2 fully saturated rings. The Balaban J connectivity index is 1.62. The third kappa shape index (κ3) is 5.82. The molecular formula is C21H35N5O2. The van der Waals surface area contributed by atoms with Gasteiger partial charge in [0.15, 0.2) is 5.96 Å². The van der Waals surface area contributed by atoms with Crippen molar-refractivity contribution in [2.45, 2.75) is 39.8 Å². The molecule has 0 radical (unpaired) electrons. The first-order chi connectivity index (χ1) is 13.7. The summed E-state index contributed by atoms with van der Waals surface area (Å²) in [5.74, 6) is 2.62. The van der Waals surface area contributed by atoms with E-state index >= 15 is 0 Å². The average molecular weight is 390 g/mol. The Labute approximate surface area is 169 Å². The summed E-state index contributed by atoms with van der Waals surface area (Å²) in [5.41, 5.74) is 1.18. The van der Waals surface area contributed by atoms with Crippen molar-refractivity contribution >= 4 is 11.8 Å². The van der Waals surface area contributed by atoms with Crippen LogP contribution in [0.2, 0.25) is 0 Å². The van der Waals surface area contributed by atoms with E-state index in [1.54, 1.807) is 0 Å². The molecule has 1 aromatic heterocycles. The highest BCUT2D eigenvalue weighted by Gasteiger charge is 2.25. The summed E-state index contributed by atoms with van der Waals surface area (Å²) in [6, 6.07) is 4.22. The predicted octanol–water partition coefficient (Wildman–Crippen LogP) is 2.13. The number of pyridine rings is 1. The van der Waals surface area contributed by atoms with Crippen molar-refractivity contribution in [2.24, 2.45) is 10.9 Å². The third-order valence-corrected chi connectivity index (χ3v) is 5.26. The van der Waals surface area contributed by atoms with E-state index in [1.807, 2.05) is 6.20 Å². The molecule has 0 saturated carbocycles.